The standard InChI is InChI=1S/C28H35NO2S/c1-6-26(3)19(2)14-17-28(18-29)22-13-12-21(32-20-10-8-7-9-11-20)24(25(30)31-5)27(22,4)16-15-23(26)28/h6-13,19,21-24H,1,14-17H2,2-5H3/t19-,21+,22-,23-,24-,26+,27+,28-/m0/s1. The molecule has 32 heavy (non-hydrogen) atoms. The zero-order chi connectivity index (χ0) is 23.1. The van der Waals surface area contributed by atoms with Crippen molar-refractivity contribution < 1.29 is 9.53 Å². The highest BCUT2D eigenvalue weighted by Crippen LogP contribution is 2.69. The van der Waals surface area contributed by atoms with Crippen LogP contribution < -0.4 is 0 Å². The van der Waals surface area contributed by atoms with E-state index in [1.165, 1.54) is 7.11 Å². The second-order valence-corrected chi connectivity index (χ2v) is 11.8. The molecule has 0 saturated heterocycles. The predicted molar refractivity (Wildman–Crippen MR) is 130 cm³/mol. The smallest absolute Gasteiger partial charge is 0.310 e. The van der Waals surface area contributed by atoms with Crippen molar-refractivity contribution in [1.29, 1.82) is 5.26 Å². The number of hydrogen-bond donors (Lipinski definition) is 0. The molecule has 0 N–H and O–H groups in total. The number of nitrogens with zero attached hydrogens (tertiary/aromatic N) is 1. The van der Waals surface area contributed by atoms with Gasteiger partial charge in [0.2, 0.25) is 0 Å². The highest BCUT2D eigenvalue weighted by Gasteiger charge is 2.66. The van der Waals surface area contributed by atoms with E-state index >= 15 is 0 Å². The van der Waals surface area contributed by atoms with Crippen molar-refractivity contribution >= 4 is 17.7 Å². The number of benzene rings is 1. The summed E-state index contributed by atoms with van der Waals surface area (Å²) < 4.78 is 5.37. The largest absolute Gasteiger partial charge is 0.469 e. The monoisotopic (exact) mass is 449 g/mol. The summed E-state index contributed by atoms with van der Waals surface area (Å²) >= 11 is 1.72. The fourth-order valence-electron chi connectivity index (χ4n) is 7.27. The van der Waals surface area contributed by atoms with Crippen molar-refractivity contribution in [3.8, 4) is 6.07 Å². The highest BCUT2D eigenvalue weighted by molar-refractivity contribution is 8.00. The first-order valence-electron chi connectivity index (χ1n) is 11.8. The Hall–Kier alpha value is -1.99. The van der Waals surface area contributed by atoms with Gasteiger partial charge in [-0.3, -0.25) is 4.79 Å². The van der Waals surface area contributed by atoms with Gasteiger partial charge in [0.15, 0.2) is 0 Å². The molecule has 4 heteroatoms. The molecule has 4 rings (SSSR count). The number of ether oxygens (including phenoxy) is 1. The van der Waals surface area contributed by atoms with Gasteiger partial charge in [-0.2, -0.15) is 5.26 Å². The van der Waals surface area contributed by atoms with E-state index in [1.807, 2.05) is 18.2 Å². The molecule has 170 valence electrons. The van der Waals surface area contributed by atoms with Crippen molar-refractivity contribution in [1.82, 2.24) is 0 Å². The van der Waals surface area contributed by atoms with Crippen LogP contribution in [0.1, 0.15) is 46.5 Å². The van der Waals surface area contributed by atoms with Gasteiger partial charge in [-0.25, -0.2) is 0 Å². The Morgan fingerprint density at radius 3 is 2.56 bits per heavy atom. The molecule has 1 aromatic rings. The van der Waals surface area contributed by atoms with Crippen LogP contribution in [0.15, 0.2) is 60.0 Å². The molecule has 3 aliphatic carbocycles. The fraction of sp³-hybridized carbons (Fsp3) is 0.571. The van der Waals surface area contributed by atoms with Crippen molar-refractivity contribution in [3.05, 3.63) is 55.1 Å². The summed E-state index contributed by atoms with van der Waals surface area (Å²) in [6.07, 6.45) is 10.3. The van der Waals surface area contributed by atoms with Gasteiger partial charge in [0, 0.05) is 16.1 Å². The molecule has 8 atom stereocenters. The van der Waals surface area contributed by atoms with Gasteiger partial charge in [0.25, 0.3) is 0 Å². The molecule has 0 radical (unpaired) electrons. The third-order valence-corrected chi connectivity index (χ3v) is 10.6. The average Bonchev–Trinajstić information content (AvgIpc) is 2.81. The number of methoxy groups -OCH3 is 1. The van der Waals surface area contributed by atoms with Crippen LogP contribution in [0.5, 0.6) is 0 Å². The van der Waals surface area contributed by atoms with E-state index in [1.54, 1.807) is 11.8 Å². The lowest BCUT2D eigenvalue weighted by Crippen LogP contribution is -2.61. The molecular formula is C28H35NO2S. The maximum absolute atomic E-state index is 13.2. The molecule has 0 bridgehead atoms. The number of allylic oxidation sites excluding steroid dienone is 2. The molecule has 3 nitrogen and oxygen atoms in total. The number of rotatable bonds is 4. The molecule has 1 aromatic carbocycles. The first-order chi connectivity index (χ1) is 15.3. The fourth-order valence-corrected chi connectivity index (χ4v) is 8.62. The number of thioether (sulfide) groups is 1. The maximum Gasteiger partial charge on any atom is 0.310 e. The molecule has 0 aromatic heterocycles. The number of carbonyl (C=O) groups excluding carboxylic acids is 1. The van der Waals surface area contributed by atoms with Crippen LogP contribution in [0.25, 0.3) is 0 Å². The minimum Gasteiger partial charge on any atom is -0.469 e. The molecular weight excluding hydrogens is 414 g/mol. The van der Waals surface area contributed by atoms with E-state index in [-0.39, 0.29) is 39.8 Å². The van der Waals surface area contributed by atoms with Gasteiger partial charge in [0.05, 0.1) is 24.5 Å². The number of carbonyl (C=O) groups is 1. The summed E-state index contributed by atoms with van der Waals surface area (Å²) in [5.41, 5.74) is -0.865. The molecule has 0 spiro atoms. The van der Waals surface area contributed by atoms with E-state index in [2.05, 4.69) is 63.8 Å². The number of fused-ring (bicyclic) bond motifs is 3. The SMILES string of the molecule is C=C[C@]1(C)[C@@H](C)CC[C@@]2(C#N)[C@H]1CC[C@@]1(C)[C@H](C(=O)OC)[C@H](Sc3ccccc3)C=C[C@@H]12. The van der Waals surface area contributed by atoms with Crippen LogP contribution in [-0.2, 0) is 9.53 Å². The molecule has 0 heterocycles. The van der Waals surface area contributed by atoms with E-state index in [0.29, 0.717) is 5.92 Å². The zero-order valence-corrected chi connectivity index (χ0v) is 20.5. The van der Waals surface area contributed by atoms with E-state index in [9.17, 15) is 10.1 Å². The summed E-state index contributed by atoms with van der Waals surface area (Å²) in [4.78, 5) is 14.4. The summed E-state index contributed by atoms with van der Waals surface area (Å²) in [6.45, 7) is 11.0. The molecule has 0 amide bonds. The lowest BCUT2D eigenvalue weighted by molar-refractivity contribution is -0.162. The molecule has 0 aliphatic heterocycles. The van der Waals surface area contributed by atoms with E-state index in [4.69, 9.17) is 4.74 Å². The number of esters is 1. The Kier molecular flexibility index (Phi) is 6.09. The van der Waals surface area contributed by atoms with Crippen molar-refractivity contribution in [2.45, 2.75) is 56.6 Å². The third-order valence-electron chi connectivity index (χ3n) is 9.31. The minimum absolute atomic E-state index is 0.00769. The molecule has 2 saturated carbocycles. The molecule has 0 unspecified atom stereocenters. The normalized spacial score (nSPS) is 42.8. The minimum atomic E-state index is -0.479. The molecule has 3 aliphatic rings. The predicted octanol–water partition coefficient (Wildman–Crippen LogP) is 6.67. The zero-order valence-electron chi connectivity index (χ0n) is 19.7. The van der Waals surface area contributed by atoms with Gasteiger partial charge in [0.1, 0.15) is 0 Å². The summed E-state index contributed by atoms with van der Waals surface area (Å²) in [7, 11) is 1.49. The van der Waals surface area contributed by atoms with E-state index < -0.39 is 5.41 Å². The second kappa shape index (κ2) is 8.41. The Morgan fingerprint density at radius 2 is 1.94 bits per heavy atom. The second-order valence-electron chi connectivity index (χ2n) is 10.5. The van der Waals surface area contributed by atoms with Crippen molar-refractivity contribution in [2.24, 2.45) is 39.9 Å². The van der Waals surface area contributed by atoms with Gasteiger partial charge in [-0.05, 0) is 60.5 Å². The van der Waals surface area contributed by atoms with Crippen LogP contribution in [-0.4, -0.2) is 18.3 Å². The Labute approximate surface area is 197 Å². The summed E-state index contributed by atoms with van der Waals surface area (Å²) in [6, 6.07) is 13.1. The Balaban J connectivity index is 1.80. The maximum atomic E-state index is 13.2. The number of nitriles is 1. The average molecular weight is 450 g/mol. The van der Waals surface area contributed by atoms with Crippen LogP contribution in [0.2, 0.25) is 0 Å². The van der Waals surface area contributed by atoms with Crippen molar-refractivity contribution in [2.75, 3.05) is 7.11 Å². The molecule has 2 fully saturated rings. The quantitative estimate of drug-likeness (QED) is 0.380. The summed E-state index contributed by atoms with van der Waals surface area (Å²) in [5.74, 6) is 0.342. The number of hydrogen-bond acceptors (Lipinski definition) is 4. The van der Waals surface area contributed by atoms with Crippen LogP contribution >= 0.6 is 11.8 Å². The summed E-state index contributed by atoms with van der Waals surface area (Å²) in [5, 5.41) is 10.7. The van der Waals surface area contributed by atoms with Gasteiger partial charge < -0.3 is 4.74 Å². The van der Waals surface area contributed by atoms with Crippen LogP contribution in [0.3, 0.4) is 0 Å². The van der Waals surface area contributed by atoms with Crippen LogP contribution in [0.4, 0.5) is 0 Å². The van der Waals surface area contributed by atoms with Crippen molar-refractivity contribution in [3.63, 3.8) is 0 Å². The lowest BCUT2D eigenvalue weighted by Gasteiger charge is -2.64. The van der Waals surface area contributed by atoms with Crippen LogP contribution in [0, 0.1) is 51.2 Å². The van der Waals surface area contributed by atoms with E-state index in [0.717, 1.165) is 30.6 Å². The first kappa shape index (κ1) is 23.2. The lowest BCUT2D eigenvalue weighted by atomic mass is 9.39. The van der Waals surface area contributed by atoms with Gasteiger partial charge in [-0.1, -0.05) is 57.2 Å². The Bertz CT molecular complexity index is 952. The van der Waals surface area contributed by atoms with Gasteiger partial charge in [-0.15, -0.1) is 18.3 Å². The topological polar surface area (TPSA) is 50.1 Å². The third kappa shape index (κ3) is 3.27. The Morgan fingerprint density at radius 1 is 1.22 bits per heavy atom. The van der Waals surface area contributed by atoms with Gasteiger partial charge >= 0.3 is 5.97 Å². The highest BCUT2D eigenvalue weighted by atomic mass is 32.2. The first-order valence-corrected chi connectivity index (χ1v) is 12.7.